The number of likely N-dealkylation sites (tertiary alicyclic amines) is 1. The standard InChI is InChI=1S/C17H25FN2.C4H4O4/c1-16(2)11-12-4-5-14(18)10-15(12)17(16,19)13-6-8-20(3)9-7-13;5-3(6)1-2-4(7)8/h4-5,10,13H,6-9,11,19H2,1-3H3;1-2H,(H,5,6)(H,7,8)/b;2-1+. The average Bonchev–Trinajstić information content (AvgIpc) is 2.81. The second kappa shape index (κ2) is 8.41. The molecule has 154 valence electrons. The first kappa shape index (κ1) is 22.0. The van der Waals surface area contributed by atoms with E-state index in [1.807, 2.05) is 6.07 Å². The maximum absolute atomic E-state index is 13.7. The third-order valence-corrected chi connectivity index (χ3v) is 6.00. The molecule has 0 spiro atoms. The second-order valence-corrected chi connectivity index (χ2v) is 8.32. The minimum absolute atomic E-state index is 0.0102. The number of rotatable bonds is 3. The van der Waals surface area contributed by atoms with Crippen LogP contribution < -0.4 is 5.73 Å². The van der Waals surface area contributed by atoms with Crippen molar-refractivity contribution in [2.75, 3.05) is 20.1 Å². The van der Waals surface area contributed by atoms with Crippen LogP contribution in [-0.2, 0) is 21.5 Å². The van der Waals surface area contributed by atoms with Crippen molar-refractivity contribution in [3.63, 3.8) is 0 Å². The Morgan fingerprint density at radius 3 is 2.21 bits per heavy atom. The van der Waals surface area contributed by atoms with Gasteiger partial charge in [-0.15, -0.1) is 0 Å². The van der Waals surface area contributed by atoms with Crippen molar-refractivity contribution in [2.24, 2.45) is 17.1 Å². The van der Waals surface area contributed by atoms with Crippen LogP contribution in [0.1, 0.15) is 37.8 Å². The summed E-state index contributed by atoms with van der Waals surface area (Å²) in [4.78, 5) is 21.5. The van der Waals surface area contributed by atoms with Crippen molar-refractivity contribution < 1.29 is 24.2 Å². The molecule has 1 fully saturated rings. The Morgan fingerprint density at radius 1 is 1.18 bits per heavy atom. The molecule has 0 aromatic heterocycles. The van der Waals surface area contributed by atoms with Gasteiger partial charge in [0.05, 0.1) is 0 Å². The highest BCUT2D eigenvalue weighted by molar-refractivity contribution is 5.89. The molecule has 1 aliphatic heterocycles. The van der Waals surface area contributed by atoms with Gasteiger partial charge >= 0.3 is 11.9 Å². The predicted octanol–water partition coefficient (Wildman–Crippen LogP) is 2.62. The molecule has 1 unspecified atom stereocenters. The lowest BCUT2D eigenvalue weighted by Crippen LogP contribution is -2.55. The van der Waals surface area contributed by atoms with Gasteiger partial charge in [0.15, 0.2) is 0 Å². The predicted molar refractivity (Wildman–Crippen MR) is 104 cm³/mol. The van der Waals surface area contributed by atoms with Crippen molar-refractivity contribution >= 4 is 11.9 Å². The summed E-state index contributed by atoms with van der Waals surface area (Å²) in [6, 6.07) is 5.17. The summed E-state index contributed by atoms with van der Waals surface area (Å²) >= 11 is 0. The summed E-state index contributed by atoms with van der Waals surface area (Å²) in [5.41, 5.74) is 8.83. The summed E-state index contributed by atoms with van der Waals surface area (Å²) in [6.45, 7) is 6.65. The van der Waals surface area contributed by atoms with Gasteiger partial charge in [-0.05, 0) is 74.0 Å². The van der Waals surface area contributed by atoms with E-state index in [4.69, 9.17) is 15.9 Å². The lowest BCUT2D eigenvalue weighted by atomic mass is 9.63. The number of halogens is 1. The Kier molecular flexibility index (Phi) is 6.62. The van der Waals surface area contributed by atoms with Gasteiger partial charge in [0, 0.05) is 17.7 Å². The molecule has 1 heterocycles. The quantitative estimate of drug-likeness (QED) is 0.683. The van der Waals surface area contributed by atoms with Crippen LogP contribution in [0.15, 0.2) is 30.4 Å². The van der Waals surface area contributed by atoms with E-state index in [1.165, 1.54) is 5.56 Å². The van der Waals surface area contributed by atoms with E-state index >= 15 is 0 Å². The minimum Gasteiger partial charge on any atom is -0.478 e. The van der Waals surface area contributed by atoms with Gasteiger partial charge in [0.2, 0.25) is 0 Å². The van der Waals surface area contributed by atoms with Crippen LogP contribution in [0, 0.1) is 17.2 Å². The Morgan fingerprint density at radius 2 is 1.71 bits per heavy atom. The number of aliphatic carboxylic acids is 2. The molecule has 1 aliphatic carbocycles. The molecule has 28 heavy (non-hydrogen) atoms. The molecule has 1 aromatic carbocycles. The van der Waals surface area contributed by atoms with E-state index in [-0.39, 0.29) is 11.2 Å². The lowest BCUT2D eigenvalue weighted by Gasteiger charge is -2.47. The summed E-state index contributed by atoms with van der Waals surface area (Å²) in [7, 11) is 2.16. The number of piperidine rings is 1. The Hall–Kier alpha value is -2.25. The molecule has 0 radical (unpaired) electrons. The first-order valence-corrected chi connectivity index (χ1v) is 9.37. The highest BCUT2D eigenvalue weighted by Crippen LogP contribution is 2.54. The number of hydrogen-bond acceptors (Lipinski definition) is 4. The molecular formula is C21H29FN2O4. The highest BCUT2D eigenvalue weighted by Gasteiger charge is 2.54. The molecule has 1 saturated heterocycles. The SMILES string of the molecule is CN1CCC(C2(N)c3cc(F)ccc3CC2(C)C)CC1.O=C(O)/C=C/C(=O)O. The number of carboxylic acids is 2. The normalized spacial score (nSPS) is 24.5. The van der Waals surface area contributed by atoms with Crippen LogP contribution in [0.2, 0.25) is 0 Å². The highest BCUT2D eigenvalue weighted by atomic mass is 19.1. The molecule has 1 aromatic rings. The topological polar surface area (TPSA) is 104 Å². The Labute approximate surface area is 164 Å². The summed E-state index contributed by atoms with van der Waals surface area (Å²) in [5, 5.41) is 15.6. The van der Waals surface area contributed by atoms with Gasteiger partial charge in [0.25, 0.3) is 0 Å². The molecule has 3 rings (SSSR count). The molecule has 0 bridgehead atoms. The number of benzene rings is 1. The number of fused-ring (bicyclic) bond motifs is 1. The summed E-state index contributed by atoms with van der Waals surface area (Å²) < 4.78 is 13.7. The number of nitrogens with zero attached hydrogens (tertiary/aromatic N) is 1. The molecule has 1 atom stereocenters. The van der Waals surface area contributed by atoms with Gasteiger partial charge in [-0.1, -0.05) is 19.9 Å². The molecule has 6 nitrogen and oxygen atoms in total. The zero-order valence-corrected chi connectivity index (χ0v) is 16.6. The fourth-order valence-corrected chi connectivity index (χ4v) is 4.45. The van der Waals surface area contributed by atoms with Crippen molar-refractivity contribution in [1.29, 1.82) is 0 Å². The van der Waals surface area contributed by atoms with E-state index in [1.54, 1.807) is 12.1 Å². The van der Waals surface area contributed by atoms with Crippen LogP contribution in [-0.4, -0.2) is 47.2 Å². The first-order chi connectivity index (χ1) is 13.0. The fraction of sp³-hybridized carbons (Fsp3) is 0.524. The van der Waals surface area contributed by atoms with E-state index in [0.717, 1.165) is 37.9 Å². The monoisotopic (exact) mass is 392 g/mol. The first-order valence-electron chi connectivity index (χ1n) is 9.37. The Balaban J connectivity index is 0.000000300. The maximum Gasteiger partial charge on any atom is 0.328 e. The molecule has 2 aliphatic rings. The smallest absolute Gasteiger partial charge is 0.328 e. The summed E-state index contributed by atoms with van der Waals surface area (Å²) in [5.74, 6) is -2.24. The Bertz CT molecular complexity index is 754. The van der Waals surface area contributed by atoms with Crippen LogP contribution in [0.4, 0.5) is 4.39 Å². The van der Waals surface area contributed by atoms with E-state index in [0.29, 0.717) is 18.1 Å². The largest absolute Gasteiger partial charge is 0.478 e. The van der Waals surface area contributed by atoms with Gasteiger partial charge < -0.3 is 20.8 Å². The minimum atomic E-state index is -1.26. The van der Waals surface area contributed by atoms with Crippen LogP contribution >= 0.6 is 0 Å². The molecule has 7 heteroatoms. The van der Waals surface area contributed by atoms with Gasteiger partial charge in [-0.3, -0.25) is 0 Å². The van der Waals surface area contributed by atoms with Crippen molar-refractivity contribution in [2.45, 2.75) is 38.6 Å². The summed E-state index contributed by atoms with van der Waals surface area (Å²) in [6.07, 6.45) is 4.27. The average molecular weight is 392 g/mol. The zero-order valence-electron chi connectivity index (χ0n) is 16.6. The van der Waals surface area contributed by atoms with Gasteiger partial charge in [-0.2, -0.15) is 0 Å². The number of hydrogen-bond donors (Lipinski definition) is 3. The lowest BCUT2D eigenvalue weighted by molar-refractivity contribution is -0.134. The maximum atomic E-state index is 13.7. The second-order valence-electron chi connectivity index (χ2n) is 8.32. The third-order valence-electron chi connectivity index (χ3n) is 6.00. The zero-order chi connectivity index (χ0) is 21.1. The van der Waals surface area contributed by atoms with E-state index < -0.39 is 17.5 Å². The van der Waals surface area contributed by atoms with Gasteiger partial charge in [0.1, 0.15) is 5.82 Å². The molecule has 0 amide bonds. The van der Waals surface area contributed by atoms with E-state index in [2.05, 4.69) is 25.8 Å². The number of carboxylic acid groups (broad SMARTS) is 2. The fourth-order valence-electron chi connectivity index (χ4n) is 4.45. The van der Waals surface area contributed by atoms with Gasteiger partial charge in [-0.25, -0.2) is 14.0 Å². The number of nitrogens with two attached hydrogens (primary N) is 1. The van der Waals surface area contributed by atoms with Crippen molar-refractivity contribution in [3.8, 4) is 0 Å². The molecule has 4 N–H and O–H groups in total. The van der Waals surface area contributed by atoms with Crippen LogP contribution in [0.25, 0.3) is 0 Å². The van der Waals surface area contributed by atoms with Crippen molar-refractivity contribution in [1.82, 2.24) is 4.90 Å². The molecular weight excluding hydrogens is 363 g/mol. The third kappa shape index (κ3) is 4.59. The van der Waals surface area contributed by atoms with Crippen LogP contribution in [0.5, 0.6) is 0 Å². The van der Waals surface area contributed by atoms with Crippen molar-refractivity contribution in [3.05, 3.63) is 47.3 Å². The molecule has 0 saturated carbocycles. The number of carbonyl (C=O) groups is 2. The van der Waals surface area contributed by atoms with E-state index in [9.17, 15) is 14.0 Å². The van der Waals surface area contributed by atoms with Crippen LogP contribution in [0.3, 0.4) is 0 Å².